The van der Waals surface area contributed by atoms with Crippen LogP contribution in [0.15, 0.2) is 54.7 Å². The van der Waals surface area contributed by atoms with E-state index < -0.39 is 0 Å². The molecule has 4 heteroatoms. The topological polar surface area (TPSA) is 8.81 Å². The molecule has 0 atom stereocenters. The van der Waals surface area contributed by atoms with Crippen LogP contribution in [0.5, 0.6) is 0 Å². The molecule has 0 bridgehead atoms. The first-order valence-corrected chi connectivity index (χ1v) is 9.60. The van der Waals surface area contributed by atoms with E-state index in [1.165, 1.54) is 36.3 Å². The Morgan fingerprint density at radius 2 is 1.64 bits per heavy atom. The molecule has 0 unspecified atom stereocenters. The standard InChI is InChI=1S/C21H21Cl2N2/c22-18-10-7-11-19(23)17(18)14-24-15-20(16-8-3-1-4-9-16)25-13-6-2-5-12-21(24)25/h1,3-4,7-11,15H,2,5-6,12-14H2/q+1. The summed E-state index contributed by atoms with van der Waals surface area (Å²) in [7, 11) is 0. The summed E-state index contributed by atoms with van der Waals surface area (Å²) in [5, 5.41) is 1.46. The van der Waals surface area contributed by atoms with Crippen LogP contribution in [0.25, 0.3) is 11.3 Å². The molecule has 1 aliphatic heterocycles. The number of hydrogen-bond donors (Lipinski definition) is 0. The average Bonchev–Trinajstić information content (AvgIpc) is 2.80. The van der Waals surface area contributed by atoms with Gasteiger partial charge in [0.25, 0.3) is 5.82 Å². The first-order valence-electron chi connectivity index (χ1n) is 8.84. The van der Waals surface area contributed by atoms with Gasteiger partial charge in [0.1, 0.15) is 12.7 Å². The highest BCUT2D eigenvalue weighted by Crippen LogP contribution is 2.27. The quantitative estimate of drug-likeness (QED) is 0.535. The Kier molecular flexibility index (Phi) is 4.82. The van der Waals surface area contributed by atoms with Crippen LogP contribution in [0, 0.1) is 0 Å². The lowest BCUT2D eigenvalue weighted by atomic mass is 10.1. The summed E-state index contributed by atoms with van der Waals surface area (Å²) in [6.45, 7) is 1.78. The SMILES string of the molecule is Clc1cccc(Cl)c1C[n+]1cc(-c2ccccc2)n2c1CCCCC2. The lowest BCUT2D eigenvalue weighted by Gasteiger charge is -2.06. The van der Waals surface area contributed by atoms with E-state index >= 15 is 0 Å². The Labute approximate surface area is 158 Å². The van der Waals surface area contributed by atoms with E-state index in [1.54, 1.807) is 0 Å². The molecule has 2 nitrogen and oxygen atoms in total. The molecule has 0 aliphatic carbocycles. The van der Waals surface area contributed by atoms with Crippen molar-refractivity contribution in [1.29, 1.82) is 0 Å². The van der Waals surface area contributed by atoms with E-state index in [9.17, 15) is 0 Å². The Bertz CT molecular complexity index is 864. The minimum Gasteiger partial charge on any atom is -0.229 e. The number of hydrogen-bond acceptors (Lipinski definition) is 0. The maximum absolute atomic E-state index is 6.41. The van der Waals surface area contributed by atoms with Gasteiger partial charge in [0.05, 0.1) is 6.54 Å². The van der Waals surface area contributed by atoms with Crippen molar-refractivity contribution in [2.75, 3.05) is 0 Å². The van der Waals surface area contributed by atoms with Gasteiger partial charge in [0.2, 0.25) is 0 Å². The highest BCUT2D eigenvalue weighted by Gasteiger charge is 2.26. The van der Waals surface area contributed by atoms with Crippen LogP contribution in [-0.2, 0) is 19.5 Å². The van der Waals surface area contributed by atoms with Crippen LogP contribution < -0.4 is 4.57 Å². The number of fused-ring (bicyclic) bond motifs is 1. The van der Waals surface area contributed by atoms with E-state index in [-0.39, 0.29) is 0 Å². The maximum atomic E-state index is 6.41. The molecular weight excluding hydrogens is 351 g/mol. The van der Waals surface area contributed by atoms with Crippen molar-refractivity contribution in [2.45, 2.75) is 38.8 Å². The zero-order valence-electron chi connectivity index (χ0n) is 14.1. The lowest BCUT2D eigenvalue weighted by molar-refractivity contribution is -0.695. The number of halogens is 2. The molecule has 0 spiro atoms. The first-order chi connectivity index (χ1) is 12.2. The van der Waals surface area contributed by atoms with Gasteiger partial charge < -0.3 is 0 Å². The van der Waals surface area contributed by atoms with Gasteiger partial charge in [-0.2, -0.15) is 0 Å². The van der Waals surface area contributed by atoms with Crippen molar-refractivity contribution in [3.05, 3.63) is 76.2 Å². The maximum Gasteiger partial charge on any atom is 0.257 e. The Morgan fingerprint density at radius 1 is 0.880 bits per heavy atom. The van der Waals surface area contributed by atoms with Crippen LogP contribution in [0.2, 0.25) is 10.0 Å². The van der Waals surface area contributed by atoms with E-state index in [0.29, 0.717) is 6.54 Å². The van der Waals surface area contributed by atoms with Crippen LogP contribution in [-0.4, -0.2) is 4.57 Å². The van der Waals surface area contributed by atoms with E-state index in [4.69, 9.17) is 23.2 Å². The van der Waals surface area contributed by atoms with Crippen molar-refractivity contribution >= 4 is 23.2 Å². The van der Waals surface area contributed by atoms with Gasteiger partial charge >= 0.3 is 0 Å². The summed E-state index contributed by atoms with van der Waals surface area (Å²) in [6, 6.07) is 16.3. The normalized spacial score (nSPS) is 14.2. The Morgan fingerprint density at radius 3 is 2.40 bits per heavy atom. The summed E-state index contributed by atoms with van der Waals surface area (Å²) in [5.74, 6) is 1.37. The molecular formula is C21H21Cl2N2+. The predicted molar refractivity (Wildman–Crippen MR) is 103 cm³/mol. The monoisotopic (exact) mass is 371 g/mol. The molecule has 0 N–H and O–H groups in total. The molecule has 0 amide bonds. The number of aromatic nitrogens is 2. The molecule has 3 aromatic rings. The number of imidazole rings is 1. The second-order valence-corrected chi connectivity index (χ2v) is 7.40. The zero-order valence-corrected chi connectivity index (χ0v) is 15.6. The van der Waals surface area contributed by atoms with Crippen LogP contribution in [0.4, 0.5) is 0 Å². The fraction of sp³-hybridized carbons (Fsp3) is 0.286. The van der Waals surface area contributed by atoms with Gasteiger partial charge in [-0.3, -0.25) is 0 Å². The fourth-order valence-corrected chi connectivity index (χ4v) is 4.19. The van der Waals surface area contributed by atoms with Crippen LogP contribution >= 0.6 is 23.2 Å². The first kappa shape index (κ1) is 16.7. The highest BCUT2D eigenvalue weighted by molar-refractivity contribution is 6.35. The third-order valence-electron chi connectivity index (χ3n) is 4.95. The minimum atomic E-state index is 0.709. The number of benzene rings is 2. The van der Waals surface area contributed by atoms with Gasteiger partial charge in [-0.1, -0.05) is 59.6 Å². The molecule has 0 fully saturated rings. The molecule has 4 rings (SSSR count). The highest BCUT2D eigenvalue weighted by atomic mass is 35.5. The lowest BCUT2D eigenvalue weighted by Crippen LogP contribution is -2.37. The van der Waals surface area contributed by atoms with E-state index in [1.807, 2.05) is 18.2 Å². The largest absolute Gasteiger partial charge is 0.257 e. The van der Waals surface area contributed by atoms with Gasteiger partial charge in [-0.15, -0.1) is 0 Å². The molecule has 1 aliphatic rings. The van der Waals surface area contributed by atoms with Gasteiger partial charge in [0, 0.05) is 27.6 Å². The second kappa shape index (κ2) is 7.23. The summed E-state index contributed by atoms with van der Waals surface area (Å²) in [6.07, 6.45) is 7.09. The second-order valence-electron chi connectivity index (χ2n) is 6.59. The molecule has 128 valence electrons. The van der Waals surface area contributed by atoms with Crippen LogP contribution in [0.3, 0.4) is 0 Å². The number of rotatable bonds is 3. The van der Waals surface area contributed by atoms with Crippen LogP contribution in [0.1, 0.15) is 30.7 Å². The molecule has 25 heavy (non-hydrogen) atoms. The summed E-state index contributed by atoms with van der Waals surface area (Å²) in [5.41, 5.74) is 3.53. The fourth-order valence-electron chi connectivity index (χ4n) is 3.67. The van der Waals surface area contributed by atoms with Crippen molar-refractivity contribution in [3.63, 3.8) is 0 Å². The number of nitrogens with zero attached hydrogens (tertiary/aromatic N) is 2. The van der Waals surface area contributed by atoms with Crippen molar-refractivity contribution in [3.8, 4) is 11.3 Å². The molecule has 0 radical (unpaired) electrons. The molecule has 1 aromatic heterocycles. The molecule has 0 saturated heterocycles. The average molecular weight is 372 g/mol. The summed E-state index contributed by atoms with van der Waals surface area (Å²) >= 11 is 12.8. The summed E-state index contributed by atoms with van der Waals surface area (Å²) < 4.78 is 4.81. The zero-order chi connectivity index (χ0) is 17.2. The van der Waals surface area contributed by atoms with Gasteiger partial charge in [-0.05, 0) is 31.4 Å². The predicted octanol–water partition coefficient (Wildman–Crippen LogP) is 5.52. The molecule has 2 aromatic carbocycles. The van der Waals surface area contributed by atoms with Crippen molar-refractivity contribution < 1.29 is 4.57 Å². The Hall–Kier alpha value is -1.77. The summed E-state index contributed by atoms with van der Waals surface area (Å²) in [4.78, 5) is 0. The molecule has 0 saturated carbocycles. The minimum absolute atomic E-state index is 0.709. The van der Waals surface area contributed by atoms with Gasteiger partial charge in [-0.25, -0.2) is 9.13 Å². The molecule has 2 heterocycles. The van der Waals surface area contributed by atoms with E-state index in [0.717, 1.165) is 28.6 Å². The van der Waals surface area contributed by atoms with Gasteiger partial charge in [0.15, 0.2) is 5.69 Å². The third-order valence-corrected chi connectivity index (χ3v) is 5.66. The smallest absolute Gasteiger partial charge is 0.229 e. The van der Waals surface area contributed by atoms with Crippen molar-refractivity contribution in [1.82, 2.24) is 4.57 Å². The van der Waals surface area contributed by atoms with E-state index in [2.05, 4.69) is 45.7 Å². The third kappa shape index (κ3) is 3.33. The Balaban J connectivity index is 1.82. The van der Waals surface area contributed by atoms with Crippen molar-refractivity contribution in [2.24, 2.45) is 0 Å².